The van der Waals surface area contributed by atoms with Crippen molar-refractivity contribution in [3.63, 3.8) is 0 Å². The normalized spacial score (nSPS) is 14.8. The number of allylic oxidation sites excluding steroid dienone is 4. The largest absolute Gasteiger partial charge is 0.385 e. The second kappa shape index (κ2) is 8.06. The molecule has 1 unspecified atom stereocenters. The molecule has 0 amide bonds. The Morgan fingerprint density at radius 3 is 2.30 bits per heavy atom. The molecule has 0 heterocycles. The third kappa shape index (κ3) is 6.21. The van der Waals surface area contributed by atoms with Crippen LogP contribution in [0, 0.1) is 0 Å². The Bertz CT molecular complexity index is 448. The lowest BCUT2D eigenvalue weighted by molar-refractivity contribution is 0.0487. The third-order valence-electron chi connectivity index (χ3n) is 3.61. The first kappa shape index (κ1) is 16.7. The van der Waals surface area contributed by atoms with Crippen molar-refractivity contribution in [2.24, 2.45) is 0 Å². The highest BCUT2D eigenvalue weighted by Crippen LogP contribution is 2.26. The lowest BCUT2D eigenvalue weighted by Gasteiger charge is -2.23. The fourth-order valence-corrected chi connectivity index (χ4v) is 2.23. The lowest BCUT2D eigenvalue weighted by atomic mass is 9.91. The van der Waals surface area contributed by atoms with Crippen LogP contribution < -0.4 is 0 Å². The van der Waals surface area contributed by atoms with Gasteiger partial charge in [0.05, 0.1) is 5.60 Å². The van der Waals surface area contributed by atoms with Crippen LogP contribution in [0.25, 0.3) is 0 Å². The second-order valence-electron chi connectivity index (χ2n) is 6.05. The first-order chi connectivity index (χ1) is 9.42. The van der Waals surface area contributed by atoms with Crippen LogP contribution in [-0.2, 0) is 5.60 Å². The molecule has 0 aliphatic rings. The minimum atomic E-state index is -0.738. The van der Waals surface area contributed by atoms with Gasteiger partial charge in [0.25, 0.3) is 0 Å². The van der Waals surface area contributed by atoms with E-state index in [9.17, 15) is 5.11 Å². The van der Waals surface area contributed by atoms with E-state index >= 15 is 0 Å². The van der Waals surface area contributed by atoms with E-state index in [-0.39, 0.29) is 0 Å². The summed E-state index contributed by atoms with van der Waals surface area (Å²) in [5.74, 6) is 0. The maximum absolute atomic E-state index is 10.5. The molecule has 110 valence electrons. The van der Waals surface area contributed by atoms with E-state index < -0.39 is 5.60 Å². The van der Waals surface area contributed by atoms with E-state index in [1.54, 1.807) is 0 Å². The summed E-state index contributed by atoms with van der Waals surface area (Å²) in [6.07, 6.45) is 8.44. The van der Waals surface area contributed by atoms with Crippen molar-refractivity contribution in [2.75, 3.05) is 0 Å². The fraction of sp³-hybridized carbons (Fsp3) is 0.474. The number of rotatable bonds is 7. The van der Waals surface area contributed by atoms with E-state index in [4.69, 9.17) is 0 Å². The number of hydrogen-bond acceptors (Lipinski definition) is 1. The summed E-state index contributed by atoms with van der Waals surface area (Å²) in [5, 5.41) is 10.5. The van der Waals surface area contributed by atoms with Gasteiger partial charge in [0.2, 0.25) is 0 Å². The van der Waals surface area contributed by atoms with Crippen molar-refractivity contribution in [3.8, 4) is 0 Å². The van der Waals surface area contributed by atoms with E-state index in [0.717, 1.165) is 31.2 Å². The predicted molar refractivity (Wildman–Crippen MR) is 87.7 cm³/mol. The molecule has 20 heavy (non-hydrogen) atoms. The maximum Gasteiger partial charge on any atom is 0.0871 e. The molecule has 0 saturated carbocycles. The molecule has 0 fully saturated rings. The Labute approximate surface area is 124 Å². The van der Waals surface area contributed by atoms with Crippen LogP contribution in [0.1, 0.15) is 58.9 Å². The summed E-state index contributed by atoms with van der Waals surface area (Å²) < 4.78 is 0. The zero-order valence-electron chi connectivity index (χ0n) is 13.3. The average Bonchev–Trinajstić information content (AvgIpc) is 2.39. The molecule has 1 rings (SSSR count). The summed E-state index contributed by atoms with van der Waals surface area (Å²) >= 11 is 0. The van der Waals surface area contributed by atoms with Crippen LogP contribution >= 0.6 is 0 Å². The van der Waals surface area contributed by atoms with E-state index in [1.807, 2.05) is 37.3 Å². The van der Waals surface area contributed by atoms with Crippen LogP contribution in [0.3, 0.4) is 0 Å². The van der Waals surface area contributed by atoms with Gasteiger partial charge in [-0.1, -0.05) is 53.6 Å². The molecule has 0 saturated heterocycles. The van der Waals surface area contributed by atoms with Gasteiger partial charge in [0.1, 0.15) is 0 Å². The lowest BCUT2D eigenvalue weighted by Crippen LogP contribution is -2.20. The van der Waals surface area contributed by atoms with Crippen molar-refractivity contribution in [1.29, 1.82) is 0 Å². The Hall–Kier alpha value is -1.34. The quantitative estimate of drug-likeness (QED) is 0.662. The molecule has 0 spiro atoms. The van der Waals surface area contributed by atoms with Crippen molar-refractivity contribution in [2.45, 2.75) is 59.0 Å². The molecule has 0 aromatic heterocycles. The average molecular weight is 272 g/mol. The molecule has 0 radical (unpaired) electrons. The smallest absolute Gasteiger partial charge is 0.0871 e. The van der Waals surface area contributed by atoms with Crippen LogP contribution in [0.2, 0.25) is 0 Å². The molecular weight excluding hydrogens is 244 g/mol. The SMILES string of the molecule is CC(C)=CCC/C(C)=C/CCC(C)(O)c1ccccc1. The molecule has 0 bridgehead atoms. The highest BCUT2D eigenvalue weighted by atomic mass is 16.3. The summed E-state index contributed by atoms with van der Waals surface area (Å²) in [7, 11) is 0. The summed E-state index contributed by atoms with van der Waals surface area (Å²) in [5.41, 5.74) is 3.05. The highest BCUT2D eigenvalue weighted by molar-refractivity contribution is 5.21. The van der Waals surface area contributed by atoms with Crippen LogP contribution in [-0.4, -0.2) is 5.11 Å². The van der Waals surface area contributed by atoms with Gasteiger partial charge in [-0.3, -0.25) is 0 Å². The highest BCUT2D eigenvalue weighted by Gasteiger charge is 2.21. The standard InChI is InChI=1S/C19H28O/c1-16(2)10-8-11-17(3)12-9-15-19(4,20)18-13-6-5-7-14-18/h5-7,10,12-14,20H,8-9,11,15H2,1-4H3/b17-12+. The van der Waals surface area contributed by atoms with Crippen LogP contribution in [0.15, 0.2) is 53.6 Å². The maximum atomic E-state index is 10.5. The van der Waals surface area contributed by atoms with Gasteiger partial charge >= 0.3 is 0 Å². The van der Waals surface area contributed by atoms with Gasteiger partial charge in [-0.15, -0.1) is 0 Å². The molecule has 0 aliphatic heterocycles. The zero-order chi connectivity index (χ0) is 15.0. The summed E-state index contributed by atoms with van der Waals surface area (Å²) in [4.78, 5) is 0. The van der Waals surface area contributed by atoms with E-state index in [1.165, 1.54) is 11.1 Å². The van der Waals surface area contributed by atoms with E-state index in [2.05, 4.69) is 32.9 Å². The number of aliphatic hydroxyl groups is 1. The topological polar surface area (TPSA) is 20.2 Å². The zero-order valence-corrected chi connectivity index (χ0v) is 13.3. The molecule has 1 heteroatoms. The predicted octanol–water partition coefficient (Wildman–Crippen LogP) is 5.37. The van der Waals surface area contributed by atoms with Gasteiger partial charge in [-0.25, -0.2) is 0 Å². The third-order valence-corrected chi connectivity index (χ3v) is 3.61. The van der Waals surface area contributed by atoms with Crippen molar-refractivity contribution in [1.82, 2.24) is 0 Å². The molecule has 0 aliphatic carbocycles. The monoisotopic (exact) mass is 272 g/mol. The van der Waals surface area contributed by atoms with Crippen molar-refractivity contribution >= 4 is 0 Å². The summed E-state index contributed by atoms with van der Waals surface area (Å²) in [6.45, 7) is 8.34. The minimum absolute atomic E-state index is 0.738. The van der Waals surface area contributed by atoms with Gasteiger partial charge < -0.3 is 5.11 Å². The van der Waals surface area contributed by atoms with E-state index in [0.29, 0.717) is 0 Å². The first-order valence-electron chi connectivity index (χ1n) is 7.49. The van der Waals surface area contributed by atoms with Gasteiger partial charge in [0.15, 0.2) is 0 Å². The molecular formula is C19H28O. The fourth-order valence-electron chi connectivity index (χ4n) is 2.23. The Morgan fingerprint density at radius 2 is 1.70 bits per heavy atom. The second-order valence-corrected chi connectivity index (χ2v) is 6.05. The van der Waals surface area contributed by atoms with Gasteiger partial charge in [0, 0.05) is 0 Å². The first-order valence-corrected chi connectivity index (χ1v) is 7.49. The van der Waals surface area contributed by atoms with Crippen molar-refractivity contribution in [3.05, 3.63) is 59.2 Å². The Kier molecular flexibility index (Phi) is 6.74. The number of benzene rings is 1. The Morgan fingerprint density at radius 1 is 1.05 bits per heavy atom. The molecule has 1 nitrogen and oxygen atoms in total. The Balaban J connectivity index is 2.44. The minimum Gasteiger partial charge on any atom is -0.385 e. The van der Waals surface area contributed by atoms with Gasteiger partial charge in [-0.2, -0.15) is 0 Å². The molecule has 1 aromatic carbocycles. The molecule has 1 atom stereocenters. The molecule has 1 aromatic rings. The van der Waals surface area contributed by atoms with Crippen molar-refractivity contribution < 1.29 is 5.11 Å². The van der Waals surface area contributed by atoms with Crippen LogP contribution in [0.5, 0.6) is 0 Å². The van der Waals surface area contributed by atoms with Gasteiger partial charge in [-0.05, 0) is 58.9 Å². The molecule has 1 N–H and O–H groups in total. The van der Waals surface area contributed by atoms with Crippen LogP contribution in [0.4, 0.5) is 0 Å². The summed E-state index contributed by atoms with van der Waals surface area (Å²) in [6, 6.07) is 9.91. The number of hydrogen-bond donors (Lipinski definition) is 1.